The predicted molar refractivity (Wildman–Crippen MR) is 107 cm³/mol. The molecule has 0 fully saturated rings. The number of rotatable bonds is 8. The Morgan fingerprint density at radius 2 is 1.62 bits per heavy atom. The van der Waals surface area contributed by atoms with E-state index in [0.717, 1.165) is 24.2 Å². The van der Waals surface area contributed by atoms with E-state index >= 15 is 0 Å². The van der Waals surface area contributed by atoms with E-state index in [4.69, 9.17) is 0 Å². The Balaban J connectivity index is 2.11. The first-order chi connectivity index (χ1) is 11.5. The first-order valence-electron chi connectivity index (χ1n) is 9.14. The van der Waals surface area contributed by atoms with Crippen molar-refractivity contribution < 1.29 is 0 Å². The normalized spacial score (nSPS) is 11.3. The minimum absolute atomic E-state index is 0.277. The van der Waals surface area contributed by atoms with Gasteiger partial charge in [-0.05, 0) is 66.5 Å². The second kappa shape index (κ2) is 8.19. The van der Waals surface area contributed by atoms with Crippen LogP contribution in [0.1, 0.15) is 58.1 Å². The van der Waals surface area contributed by atoms with Gasteiger partial charge >= 0.3 is 0 Å². The maximum absolute atomic E-state index is 4.11. The fourth-order valence-electron chi connectivity index (χ4n) is 2.95. The van der Waals surface area contributed by atoms with Crippen molar-refractivity contribution in [1.82, 2.24) is 0 Å². The van der Waals surface area contributed by atoms with Gasteiger partial charge < -0.3 is 5.32 Å². The number of allylic oxidation sites excluding steroid dienone is 1. The van der Waals surface area contributed by atoms with Crippen molar-refractivity contribution >= 4 is 11.4 Å². The number of hydrogen-bond donors (Lipinski definition) is 1. The van der Waals surface area contributed by atoms with E-state index in [-0.39, 0.29) is 5.41 Å². The minimum Gasteiger partial charge on any atom is -0.356 e. The van der Waals surface area contributed by atoms with E-state index in [1.54, 1.807) is 0 Å². The molecule has 0 radical (unpaired) electrons. The van der Waals surface area contributed by atoms with Gasteiger partial charge in [0.25, 0.3) is 0 Å². The molecule has 2 rings (SSSR count). The fourth-order valence-corrected chi connectivity index (χ4v) is 2.95. The number of anilines is 2. The summed E-state index contributed by atoms with van der Waals surface area (Å²) < 4.78 is 0. The summed E-state index contributed by atoms with van der Waals surface area (Å²) in [6.45, 7) is 13.2. The monoisotopic (exact) mass is 321 g/mol. The molecular formula is C23H31N. The Labute approximate surface area is 147 Å². The molecular weight excluding hydrogens is 290 g/mol. The SMILES string of the molecule is C=C(CC)Cc1cccc(Nc2ccc(C(C)(CC)CC)cc2)c1. The minimum atomic E-state index is 0.277. The van der Waals surface area contributed by atoms with Crippen molar-refractivity contribution in [2.75, 3.05) is 5.32 Å². The third-order valence-electron chi connectivity index (χ3n) is 5.31. The summed E-state index contributed by atoms with van der Waals surface area (Å²) >= 11 is 0. The van der Waals surface area contributed by atoms with Crippen LogP contribution in [-0.4, -0.2) is 0 Å². The Kier molecular flexibility index (Phi) is 6.25. The summed E-state index contributed by atoms with van der Waals surface area (Å²) in [5, 5.41) is 3.52. The number of benzene rings is 2. The summed E-state index contributed by atoms with van der Waals surface area (Å²) in [7, 11) is 0. The number of nitrogens with one attached hydrogen (secondary N) is 1. The van der Waals surface area contributed by atoms with Crippen LogP contribution in [0, 0.1) is 0 Å². The van der Waals surface area contributed by atoms with Crippen LogP contribution in [0.5, 0.6) is 0 Å². The molecule has 0 heterocycles. The molecule has 0 amide bonds. The molecule has 0 atom stereocenters. The quantitative estimate of drug-likeness (QED) is 0.515. The standard InChI is InChI=1S/C23H31N/c1-6-18(4)16-19-10-9-11-22(17-19)24-21-14-12-20(13-15-21)23(5,7-2)8-3/h9-15,17,24H,4,6-8,16H2,1-3,5H3. The highest BCUT2D eigenvalue weighted by molar-refractivity contribution is 5.61. The molecule has 0 saturated heterocycles. The van der Waals surface area contributed by atoms with Crippen molar-refractivity contribution in [3.8, 4) is 0 Å². The zero-order valence-electron chi connectivity index (χ0n) is 15.7. The van der Waals surface area contributed by atoms with Gasteiger partial charge in [-0.1, -0.05) is 64.1 Å². The third kappa shape index (κ3) is 4.50. The van der Waals surface area contributed by atoms with Gasteiger partial charge in [-0.15, -0.1) is 0 Å². The Morgan fingerprint density at radius 3 is 2.21 bits per heavy atom. The van der Waals surface area contributed by atoms with Crippen LogP contribution >= 0.6 is 0 Å². The van der Waals surface area contributed by atoms with E-state index in [9.17, 15) is 0 Å². The third-order valence-corrected chi connectivity index (χ3v) is 5.31. The van der Waals surface area contributed by atoms with Crippen LogP contribution in [0.4, 0.5) is 11.4 Å². The largest absolute Gasteiger partial charge is 0.356 e. The molecule has 0 spiro atoms. The summed E-state index contributed by atoms with van der Waals surface area (Å²) in [4.78, 5) is 0. The zero-order valence-corrected chi connectivity index (χ0v) is 15.7. The van der Waals surface area contributed by atoms with Crippen LogP contribution in [0.15, 0.2) is 60.7 Å². The van der Waals surface area contributed by atoms with Crippen molar-refractivity contribution in [1.29, 1.82) is 0 Å². The molecule has 24 heavy (non-hydrogen) atoms. The van der Waals surface area contributed by atoms with Gasteiger partial charge in [-0.25, -0.2) is 0 Å². The highest BCUT2D eigenvalue weighted by Crippen LogP contribution is 2.32. The molecule has 0 unspecified atom stereocenters. The second-order valence-corrected chi connectivity index (χ2v) is 6.95. The molecule has 0 aliphatic carbocycles. The molecule has 0 aromatic heterocycles. The zero-order chi connectivity index (χ0) is 17.6. The predicted octanol–water partition coefficient (Wildman–Crippen LogP) is 7.02. The first kappa shape index (κ1) is 18.3. The smallest absolute Gasteiger partial charge is 0.0387 e. The van der Waals surface area contributed by atoms with Gasteiger partial charge in [0.1, 0.15) is 0 Å². The molecule has 1 heteroatoms. The van der Waals surface area contributed by atoms with E-state index in [0.29, 0.717) is 0 Å². The van der Waals surface area contributed by atoms with Crippen LogP contribution in [-0.2, 0) is 11.8 Å². The summed E-state index contributed by atoms with van der Waals surface area (Å²) in [6, 6.07) is 17.5. The molecule has 0 bridgehead atoms. The van der Waals surface area contributed by atoms with Gasteiger partial charge in [0.15, 0.2) is 0 Å². The lowest BCUT2D eigenvalue weighted by molar-refractivity contribution is 0.439. The number of hydrogen-bond acceptors (Lipinski definition) is 1. The van der Waals surface area contributed by atoms with Crippen molar-refractivity contribution in [2.24, 2.45) is 0 Å². The van der Waals surface area contributed by atoms with Gasteiger partial charge in [0.2, 0.25) is 0 Å². The van der Waals surface area contributed by atoms with Gasteiger partial charge in [-0.3, -0.25) is 0 Å². The van der Waals surface area contributed by atoms with Crippen molar-refractivity contribution in [2.45, 2.75) is 58.8 Å². The molecule has 128 valence electrons. The topological polar surface area (TPSA) is 12.0 Å². The maximum Gasteiger partial charge on any atom is 0.0387 e. The Morgan fingerprint density at radius 1 is 0.958 bits per heavy atom. The average Bonchev–Trinajstić information content (AvgIpc) is 2.62. The van der Waals surface area contributed by atoms with E-state index < -0.39 is 0 Å². The molecule has 0 aliphatic heterocycles. The Bertz CT molecular complexity index is 663. The van der Waals surface area contributed by atoms with E-state index in [2.05, 4.69) is 88.1 Å². The van der Waals surface area contributed by atoms with Gasteiger partial charge in [0, 0.05) is 11.4 Å². The molecule has 1 N–H and O–H groups in total. The molecule has 2 aromatic carbocycles. The molecule has 0 aliphatic rings. The van der Waals surface area contributed by atoms with Crippen LogP contribution in [0.3, 0.4) is 0 Å². The van der Waals surface area contributed by atoms with Crippen molar-refractivity contribution in [3.63, 3.8) is 0 Å². The van der Waals surface area contributed by atoms with Gasteiger partial charge in [0.05, 0.1) is 0 Å². The van der Waals surface area contributed by atoms with Crippen LogP contribution in [0.2, 0.25) is 0 Å². The lowest BCUT2D eigenvalue weighted by atomic mass is 9.78. The van der Waals surface area contributed by atoms with E-state index in [1.807, 2.05) is 0 Å². The van der Waals surface area contributed by atoms with Crippen LogP contribution in [0.25, 0.3) is 0 Å². The maximum atomic E-state index is 4.11. The molecule has 0 saturated carbocycles. The average molecular weight is 322 g/mol. The van der Waals surface area contributed by atoms with E-state index in [1.165, 1.54) is 29.5 Å². The first-order valence-corrected chi connectivity index (χ1v) is 9.14. The molecule has 1 nitrogen and oxygen atoms in total. The van der Waals surface area contributed by atoms with Crippen molar-refractivity contribution in [3.05, 3.63) is 71.8 Å². The summed E-state index contributed by atoms with van der Waals surface area (Å²) in [6.07, 6.45) is 4.32. The van der Waals surface area contributed by atoms with Gasteiger partial charge in [-0.2, -0.15) is 0 Å². The highest BCUT2D eigenvalue weighted by atomic mass is 14.9. The summed E-state index contributed by atoms with van der Waals surface area (Å²) in [5.41, 5.74) is 6.56. The summed E-state index contributed by atoms with van der Waals surface area (Å²) in [5.74, 6) is 0. The lowest BCUT2D eigenvalue weighted by Gasteiger charge is -2.27. The second-order valence-electron chi connectivity index (χ2n) is 6.95. The fraction of sp³-hybridized carbons (Fsp3) is 0.391. The van der Waals surface area contributed by atoms with Crippen LogP contribution < -0.4 is 5.32 Å². The Hall–Kier alpha value is -2.02. The molecule has 2 aromatic rings. The lowest BCUT2D eigenvalue weighted by Crippen LogP contribution is -2.19. The highest BCUT2D eigenvalue weighted by Gasteiger charge is 2.21.